The van der Waals surface area contributed by atoms with Gasteiger partial charge in [0.1, 0.15) is 6.10 Å². The summed E-state index contributed by atoms with van der Waals surface area (Å²) in [4.78, 5) is 4.09. The van der Waals surface area contributed by atoms with E-state index in [0.717, 1.165) is 25.4 Å². The summed E-state index contributed by atoms with van der Waals surface area (Å²) in [5.74, 6) is 0.728. The highest BCUT2D eigenvalue weighted by molar-refractivity contribution is 5.09. The monoisotopic (exact) mass is 164 g/mol. The second kappa shape index (κ2) is 3.54. The minimum absolute atomic E-state index is 0.305. The van der Waals surface area contributed by atoms with E-state index in [2.05, 4.69) is 10.3 Å². The summed E-state index contributed by atoms with van der Waals surface area (Å²) >= 11 is 0. The minimum Gasteiger partial charge on any atom is -0.473 e. The van der Waals surface area contributed by atoms with Crippen LogP contribution in [0.25, 0.3) is 0 Å². The molecular formula is C9H12N2O. The number of nitrogens with one attached hydrogen (secondary N) is 1. The molecule has 0 amide bonds. The first-order valence-electron chi connectivity index (χ1n) is 4.23. The Kier molecular flexibility index (Phi) is 2.23. The molecule has 2 heterocycles. The van der Waals surface area contributed by atoms with Crippen LogP contribution in [0.5, 0.6) is 5.88 Å². The third-order valence-corrected chi connectivity index (χ3v) is 1.94. The van der Waals surface area contributed by atoms with Crippen LogP contribution in [0.15, 0.2) is 24.4 Å². The van der Waals surface area contributed by atoms with Gasteiger partial charge in [-0.25, -0.2) is 4.98 Å². The Bertz CT molecular complexity index is 232. The van der Waals surface area contributed by atoms with E-state index < -0.39 is 0 Å². The van der Waals surface area contributed by atoms with Crippen LogP contribution in [0, 0.1) is 0 Å². The smallest absolute Gasteiger partial charge is 0.213 e. The summed E-state index contributed by atoms with van der Waals surface area (Å²) in [6.07, 6.45) is 3.13. The molecule has 1 saturated heterocycles. The molecule has 0 bridgehead atoms. The summed E-state index contributed by atoms with van der Waals surface area (Å²) in [5, 5.41) is 3.24. The molecule has 3 nitrogen and oxygen atoms in total. The van der Waals surface area contributed by atoms with Crippen molar-refractivity contribution in [3.63, 3.8) is 0 Å². The third kappa shape index (κ3) is 1.74. The molecule has 1 aromatic rings. The molecule has 1 N–H and O–H groups in total. The Balaban J connectivity index is 1.94. The number of nitrogens with zero attached hydrogens (tertiary/aromatic N) is 1. The van der Waals surface area contributed by atoms with Crippen LogP contribution in [0.3, 0.4) is 0 Å². The van der Waals surface area contributed by atoms with Gasteiger partial charge < -0.3 is 10.1 Å². The van der Waals surface area contributed by atoms with Gasteiger partial charge in [0.2, 0.25) is 5.88 Å². The van der Waals surface area contributed by atoms with E-state index in [-0.39, 0.29) is 0 Å². The second-order valence-corrected chi connectivity index (χ2v) is 2.90. The van der Waals surface area contributed by atoms with Gasteiger partial charge in [0.25, 0.3) is 0 Å². The van der Waals surface area contributed by atoms with Gasteiger partial charge in [0, 0.05) is 18.8 Å². The molecule has 0 spiro atoms. The Morgan fingerprint density at radius 1 is 1.50 bits per heavy atom. The summed E-state index contributed by atoms with van der Waals surface area (Å²) in [7, 11) is 0. The van der Waals surface area contributed by atoms with Gasteiger partial charge in [-0.1, -0.05) is 6.07 Å². The van der Waals surface area contributed by atoms with Crippen molar-refractivity contribution in [2.45, 2.75) is 12.5 Å². The average Bonchev–Trinajstić information content (AvgIpc) is 2.59. The predicted octanol–water partition coefficient (Wildman–Crippen LogP) is 0.822. The Hall–Kier alpha value is -1.09. The molecule has 1 aliphatic rings. The lowest BCUT2D eigenvalue weighted by Gasteiger charge is -2.10. The minimum atomic E-state index is 0.305. The summed E-state index contributed by atoms with van der Waals surface area (Å²) in [6.45, 7) is 1.99. The maximum atomic E-state index is 5.60. The van der Waals surface area contributed by atoms with Crippen molar-refractivity contribution >= 4 is 0 Å². The fraction of sp³-hybridized carbons (Fsp3) is 0.444. The van der Waals surface area contributed by atoms with Crippen molar-refractivity contribution < 1.29 is 4.74 Å². The lowest BCUT2D eigenvalue weighted by atomic mass is 10.3. The number of ether oxygens (including phenoxy) is 1. The highest BCUT2D eigenvalue weighted by Gasteiger charge is 2.15. The van der Waals surface area contributed by atoms with Crippen molar-refractivity contribution in [2.24, 2.45) is 0 Å². The third-order valence-electron chi connectivity index (χ3n) is 1.94. The topological polar surface area (TPSA) is 34.1 Å². The van der Waals surface area contributed by atoms with Crippen molar-refractivity contribution in [1.82, 2.24) is 10.3 Å². The van der Waals surface area contributed by atoms with Gasteiger partial charge >= 0.3 is 0 Å². The molecule has 2 rings (SSSR count). The number of hydrogen-bond donors (Lipinski definition) is 1. The van der Waals surface area contributed by atoms with Crippen LogP contribution in [0.4, 0.5) is 0 Å². The van der Waals surface area contributed by atoms with E-state index in [1.54, 1.807) is 6.20 Å². The van der Waals surface area contributed by atoms with Crippen molar-refractivity contribution in [2.75, 3.05) is 13.1 Å². The van der Waals surface area contributed by atoms with Crippen LogP contribution >= 0.6 is 0 Å². The largest absolute Gasteiger partial charge is 0.473 e. The maximum absolute atomic E-state index is 5.60. The average molecular weight is 164 g/mol. The zero-order valence-corrected chi connectivity index (χ0v) is 6.86. The lowest BCUT2D eigenvalue weighted by molar-refractivity contribution is 0.214. The molecule has 1 aromatic heterocycles. The molecule has 1 aliphatic heterocycles. The number of aromatic nitrogens is 1. The van der Waals surface area contributed by atoms with Crippen molar-refractivity contribution in [1.29, 1.82) is 0 Å². The molecule has 1 fully saturated rings. The summed E-state index contributed by atoms with van der Waals surface area (Å²) in [6, 6.07) is 5.71. The van der Waals surface area contributed by atoms with Crippen LogP contribution in [-0.2, 0) is 0 Å². The van der Waals surface area contributed by atoms with Crippen LogP contribution in [0.2, 0.25) is 0 Å². The zero-order chi connectivity index (χ0) is 8.23. The highest BCUT2D eigenvalue weighted by Crippen LogP contribution is 2.10. The lowest BCUT2D eigenvalue weighted by Crippen LogP contribution is -2.19. The standard InChI is InChI=1S/C9H12N2O/c1-2-5-11-9(3-1)12-8-4-6-10-7-8/h1-3,5,8,10H,4,6-7H2. The Morgan fingerprint density at radius 3 is 3.17 bits per heavy atom. The van der Waals surface area contributed by atoms with Gasteiger partial charge in [-0.3, -0.25) is 0 Å². The first-order valence-corrected chi connectivity index (χ1v) is 4.23. The van der Waals surface area contributed by atoms with Gasteiger partial charge in [0.15, 0.2) is 0 Å². The maximum Gasteiger partial charge on any atom is 0.213 e. The second-order valence-electron chi connectivity index (χ2n) is 2.90. The quantitative estimate of drug-likeness (QED) is 0.702. The number of hydrogen-bond acceptors (Lipinski definition) is 3. The van der Waals surface area contributed by atoms with Gasteiger partial charge in [-0.15, -0.1) is 0 Å². The molecule has 12 heavy (non-hydrogen) atoms. The van der Waals surface area contributed by atoms with Crippen LogP contribution in [-0.4, -0.2) is 24.2 Å². The first-order chi connectivity index (χ1) is 5.95. The molecule has 1 unspecified atom stereocenters. The van der Waals surface area contributed by atoms with E-state index in [1.807, 2.05) is 18.2 Å². The van der Waals surface area contributed by atoms with E-state index >= 15 is 0 Å². The number of rotatable bonds is 2. The van der Waals surface area contributed by atoms with Gasteiger partial charge in [0.05, 0.1) is 0 Å². The molecule has 1 atom stereocenters. The highest BCUT2D eigenvalue weighted by atomic mass is 16.5. The molecule has 64 valence electrons. The SMILES string of the molecule is c1ccc(OC2CCNC2)nc1. The van der Waals surface area contributed by atoms with E-state index in [4.69, 9.17) is 4.74 Å². The molecule has 0 saturated carbocycles. The fourth-order valence-electron chi connectivity index (χ4n) is 1.32. The summed E-state index contributed by atoms with van der Waals surface area (Å²) < 4.78 is 5.60. The van der Waals surface area contributed by atoms with Crippen molar-refractivity contribution in [3.05, 3.63) is 24.4 Å². The van der Waals surface area contributed by atoms with Crippen LogP contribution < -0.4 is 10.1 Å². The Morgan fingerprint density at radius 2 is 2.50 bits per heavy atom. The number of pyridine rings is 1. The normalized spacial score (nSPS) is 22.5. The van der Waals surface area contributed by atoms with Gasteiger partial charge in [-0.05, 0) is 19.0 Å². The molecule has 0 radical (unpaired) electrons. The molecule has 3 heteroatoms. The fourth-order valence-corrected chi connectivity index (χ4v) is 1.32. The first kappa shape index (κ1) is 7.55. The van der Waals surface area contributed by atoms with E-state index in [9.17, 15) is 0 Å². The molecule has 0 aromatic carbocycles. The van der Waals surface area contributed by atoms with Gasteiger partial charge in [-0.2, -0.15) is 0 Å². The predicted molar refractivity (Wildman–Crippen MR) is 46.1 cm³/mol. The van der Waals surface area contributed by atoms with Crippen molar-refractivity contribution in [3.8, 4) is 5.88 Å². The van der Waals surface area contributed by atoms with E-state index in [0.29, 0.717) is 6.10 Å². The van der Waals surface area contributed by atoms with E-state index in [1.165, 1.54) is 0 Å². The van der Waals surface area contributed by atoms with Crippen LogP contribution in [0.1, 0.15) is 6.42 Å². The zero-order valence-electron chi connectivity index (χ0n) is 6.86. The Labute approximate surface area is 71.8 Å². The molecular weight excluding hydrogens is 152 g/mol. The molecule has 0 aliphatic carbocycles. The summed E-state index contributed by atoms with van der Waals surface area (Å²) in [5.41, 5.74) is 0.